The second-order valence-electron chi connectivity index (χ2n) is 9.02. The molecule has 1 saturated heterocycles. The molecule has 4 aliphatic carbocycles. The maximum absolute atomic E-state index is 13.3. The Bertz CT molecular complexity index is 1150. The van der Waals surface area contributed by atoms with Crippen LogP contribution in [0, 0.1) is 42.4 Å². The number of nitrogens with zero attached hydrogens (tertiary/aromatic N) is 1. The minimum atomic E-state index is -0.553. The quantitative estimate of drug-likeness (QED) is 0.311. The van der Waals surface area contributed by atoms with Crippen LogP contribution in [0.25, 0.3) is 0 Å². The summed E-state index contributed by atoms with van der Waals surface area (Å²) in [5.41, 5.74) is 1.52. The fourth-order valence-corrected chi connectivity index (χ4v) is 5.95. The first-order chi connectivity index (χ1) is 14.9. The summed E-state index contributed by atoms with van der Waals surface area (Å²) in [6.45, 7) is 1.83. The average molecular weight is 434 g/mol. The number of aryl methyl sites for hydroxylation is 1. The van der Waals surface area contributed by atoms with Crippen LogP contribution in [0.5, 0.6) is 5.75 Å². The number of anilines is 1. The van der Waals surface area contributed by atoms with Crippen LogP contribution in [0.3, 0.4) is 0 Å². The summed E-state index contributed by atoms with van der Waals surface area (Å²) in [4.78, 5) is 40.6. The number of allylic oxidation sites excluding steroid dienone is 2. The van der Waals surface area contributed by atoms with Crippen molar-refractivity contribution in [2.24, 2.45) is 35.5 Å². The third-order valence-corrected chi connectivity index (χ3v) is 7.77. The van der Waals surface area contributed by atoms with Gasteiger partial charge in [-0.15, -0.1) is 0 Å². The van der Waals surface area contributed by atoms with E-state index in [1.807, 2.05) is 6.92 Å². The molecule has 6 atom stereocenters. The molecule has 5 nitrogen and oxygen atoms in total. The van der Waals surface area contributed by atoms with Gasteiger partial charge in [-0.05, 0) is 79.0 Å². The standard InChI is InChI=1S/C25H20ClNO4/c1-12-9-15(5-8-20(12)26)31-25(30)13-3-2-4-14(10-13)27-23(28)21-16-6-7-17(19-11-18(16)19)22(21)24(27)29/h2-10,16-19,21-22H,11H2,1H3/t16-,17-,18-,19-,21-,22+/m1/s1. The van der Waals surface area contributed by atoms with Gasteiger partial charge in [-0.3, -0.25) is 9.59 Å². The number of benzene rings is 2. The number of hydrogen-bond donors (Lipinski definition) is 0. The van der Waals surface area contributed by atoms with Gasteiger partial charge < -0.3 is 4.74 Å². The van der Waals surface area contributed by atoms with Crippen LogP contribution in [0.1, 0.15) is 22.3 Å². The first-order valence-electron chi connectivity index (χ1n) is 10.6. The smallest absolute Gasteiger partial charge is 0.343 e. The van der Waals surface area contributed by atoms with Gasteiger partial charge >= 0.3 is 5.97 Å². The molecular formula is C25H20ClNO4. The van der Waals surface area contributed by atoms with Crippen LogP contribution >= 0.6 is 11.6 Å². The zero-order valence-electron chi connectivity index (χ0n) is 16.8. The van der Waals surface area contributed by atoms with E-state index in [0.717, 1.165) is 12.0 Å². The van der Waals surface area contributed by atoms with E-state index in [-0.39, 0.29) is 41.0 Å². The molecule has 31 heavy (non-hydrogen) atoms. The normalized spacial score (nSPS) is 32.1. The third-order valence-electron chi connectivity index (χ3n) is 7.34. The van der Waals surface area contributed by atoms with E-state index < -0.39 is 5.97 Å². The SMILES string of the molecule is Cc1cc(OC(=O)c2cccc(N3C(=O)[C@@H]4[C@@H]5C=C[C@H]([C@H]6C[C@H]56)[C@@H]4C3=O)c2)ccc1Cl. The van der Waals surface area contributed by atoms with Crippen molar-refractivity contribution >= 4 is 35.1 Å². The van der Waals surface area contributed by atoms with E-state index in [9.17, 15) is 14.4 Å². The predicted octanol–water partition coefficient (Wildman–Crippen LogP) is 4.43. The lowest BCUT2D eigenvalue weighted by atomic mass is 9.63. The Kier molecular flexibility index (Phi) is 3.97. The number of hydrogen-bond acceptors (Lipinski definition) is 4. The number of imide groups is 1. The molecule has 3 fully saturated rings. The van der Waals surface area contributed by atoms with Crippen molar-refractivity contribution in [1.82, 2.24) is 0 Å². The molecule has 0 unspecified atom stereocenters. The Morgan fingerprint density at radius 1 is 1.00 bits per heavy atom. The summed E-state index contributed by atoms with van der Waals surface area (Å²) in [5, 5.41) is 0.593. The monoisotopic (exact) mass is 433 g/mol. The van der Waals surface area contributed by atoms with Crippen LogP contribution < -0.4 is 9.64 Å². The van der Waals surface area contributed by atoms with Crippen molar-refractivity contribution in [2.45, 2.75) is 13.3 Å². The van der Waals surface area contributed by atoms with E-state index in [1.165, 1.54) is 4.90 Å². The lowest BCUT2D eigenvalue weighted by molar-refractivity contribution is -0.124. The van der Waals surface area contributed by atoms with E-state index in [4.69, 9.17) is 16.3 Å². The molecule has 7 rings (SSSR count). The van der Waals surface area contributed by atoms with Crippen molar-refractivity contribution in [1.29, 1.82) is 0 Å². The maximum atomic E-state index is 13.3. The fraction of sp³-hybridized carbons (Fsp3) is 0.320. The summed E-state index contributed by atoms with van der Waals surface area (Å²) in [6, 6.07) is 11.5. The maximum Gasteiger partial charge on any atom is 0.343 e. The van der Waals surface area contributed by atoms with E-state index >= 15 is 0 Å². The molecule has 2 saturated carbocycles. The van der Waals surface area contributed by atoms with Crippen molar-refractivity contribution in [2.75, 3.05) is 4.90 Å². The van der Waals surface area contributed by atoms with Crippen LogP contribution in [0.15, 0.2) is 54.6 Å². The average Bonchev–Trinajstić information content (AvgIpc) is 3.54. The molecule has 156 valence electrons. The predicted molar refractivity (Wildman–Crippen MR) is 115 cm³/mol. The molecule has 1 aliphatic heterocycles. The minimum Gasteiger partial charge on any atom is -0.423 e. The molecule has 0 spiro atoms. The second-order valence-corrected chi connectivity index (χ2v) is 9.42. The van der Waals surface area contributed by atoms with Crippen LogP contribution in [0.4, 0.5) is 5.69 Å². The van der Waals surface area contributed by atoms with Crippen molar-refractivity contribution < 1.29 is 19.1 Å². The zero-order chi connectivity index (χ0) is 21.4. The highest BCUT2D eigenvalue weighted by atomic mass is 35.5. The van der Waals surface area contributed by atoms with Gasteiger partial charge in [-0.1, -0.05) is 29.8 Å². The van der Waals surface area contributed by atoms with Gasteiger partial charge in [0.2, 0.25) is 11.8 Å². The van der Waals surface area contributed by atoms with Gasteiger partial charge in [0.1, 0.15) is 5.75 Å². The number of carbonyl (C=O) groups is 3. The highest BCUT2D eigenvalue weighted by molar-refractivity contribution is 6.31. The van der Waals surface area contributed by atoms with Gasteiger partial charge in [0.05, 0.1) is 23.1 Å². The Morgan fingerprint density at radius 2 is 1.68 bits per heavy atom. The number of halogens is 1. The highest BCUT2D eigenvalue weighted by Gasteiger charge is 2.67. The Hall–Kier alpha value is -2.92. The molecule has 0 aromatic heterocycles. The van der Waals surface area contributed by atoms with Crippen molar-refractivity contribution in [3.63, 3.8) is 0 Å². The number of ether oxygens (including phenoxy) is 1. The van der Waals surface area contributed by atoms with Gasteiger partial charge in [0.15, 0.2) is 0 Å². The van der Waals surface area contributed by atoms with Gasteiger partial charge in [-0.25, -0.2) is 9.69 Å². The number of esters is 1. The molecule has 0 radical (unpaired) electrons. The lowest BCUT2D eigenvalue weighted by Crippen LogP contribution is -2.40. The fourth-order valence-electron chi connectivity index (χ4n) is 5.83. The molecular weight excluding hydrogens is 414 g/mol. The molecule has 1 heterocycles. The number of carbonyl (C=O) groups excluding carboxylic acids is 3. The first kappa shape index (κ1) is 18.8. The van der Waals surface area contributed by atoms with E-state index in [2.05, 4.69) is 12.2 Å². The molecule has 6 heteroatoms. The van der Waals surface area contributed by atoms with Gasteiger partial charge in [-0.2, -0.15) is 0 Å². The number of amides is 2. The van der Waals surface area contributed by atoms with Crippen molar-refractivity contribution in [3.05, 3.63) is 70.8 Å². The largest absolute Gasteiger partial charge is 0.423 e. The van der Waals surface area contributed by atoms with Gasteiger partial charge in [0.25, 0.3) is 0 Å². The van der Waals surface area contributed by atoms with Crippen LogP contribution in [-0.4, -0.2) is 17.8 Å². The summed E-state index contributed by atoms with van der Waals surface area (Å²) in [7, 11) is 0. The van der Waals surface area contributed by atoms with Gasteiger partial charge in [0, 0.05) is 5.02 Å². The zero-order valence-corrected chi connectivity index (χ0v) is 17.6. The van der Waals surface area contributed by atoms with Crippen LogP contribution in [-0.2, 0) is 9.59 Å². The summed E-state index contributed by atoms with van der Waals surface area (Å²) < 4.78 is 5.47. The van der Waals surface area contributed by atoms with Crippen LogP contribution in [0.2, 0.25) is 5.02 Å². The van der Waals surface area contributed by atoms with Crippen molar-refractivity contribution in [3.8, 4) is 5.75 Å². The number of rotatable bonds is 3. The van der Waals surface area contributed by atoms with E-state index in [1.54, 1.807) is 42.5 Å². The molecule has 2 amide bonds. The first-order valence-corrected chi connectivity index (χ1v) is 11.0. The third kappa shape index (κ3) is 2.72. The minimum absolute atomic E-state index is 0.140. The second kappa shape index (κ2) is 6.54. The molecule has 0 N–H and O–H groups in total. The Morgan fingerprint density at radius 3 is 2.32 bits per heavy atom. The Balaban J connectivity index is 1.28. The lowest BCUT2D eigenvalue weighted by Gasteiger charge is -2.37. The highest BCUT2D eigenvalue weighted by Crippen LogP contribution is 2.65. The summed E-state index contributed by atoms with van der Waals surface area (Å²) >= 11 is 6.03. The molecule has 5 aliphatic rings. The Labute approximate surface area is 184 Å². The molecule has 2 aromatic carbocycles. The molecule has 2 bridgehead atoms. The van der Waals surface area contributed by atoms with E-state index in [0.29, 0.717) is 28.3 Å². The summed E-state index contributed by atoms with van der Waals surface area (Å²) in [6.07, 6.45) is 5.43. The summed E-state index contributed by atoms with van der Waals surface area (Å²) in [5.74, 6) is 0.469. The molecule has 2 aromatic rings. The topological polar surface area (TPSA) is 63.7 Å².